The SMILES string of the molecule is CC(C)C(CNC(=O)NCC1CC1C)C(=O)O. The van der Waals surface area contributed by atoms with Crippen LogP contribution in [0.25, 0.3) is 0 Å². The highest BCUT2D eigenvalue weighted by molar-refractivity contribution is 5.75. The average molecular weight is 242 g/mol. The van der Waals surface area contributed by atoms with Crippen molar-refractivity contribution in [2.45, 2.75) is 27.2 Å². The van der Waals surface area contributed by atoms with Crippen molar-refractivity contribution in [1.82, 2.24) is 10.6 Å². The molecule has 3 atom stereocenters. The second-order valence-electron chi connectivity index (χ2n) is 5.25. The van der Waals surface area contributed by atoms with Gasteiger partial charge in [0.1, 0.15) is 0 Å². The fraction of sp³-hybridized carbons (Fsp3) is 0.833. The summed E-state index contributed by atoms with van der Waals surface area (Å²) in [5.74, 6) is -0.0770. The minimum absolute atomic E-state index is 0.0104. The highest BCUT2D eigenvalue weighted by Crippen LogP contribution is 2.36. The lowest BCUT2D eigenvalue weighted by atomic mass is 9.96. The number of carbonyl (C=O) groups excluding carboxylic acids is 1. The molecule has 1 saturated carbocycles. The molecule has 0 aromatic carbocycles. The minimum Gasteiger partial charge on any atom is -0.481 e. The molecule has 0 aromatic heterocycles. The van der Waals surface area contributed by atoms with Crippen LogP contribution in [0.3, 0.4) is 0 Å². The predicted molar refractivity (Wildman–Crippen MR) is 64.6 cm³/mol. The standard InChI is InChI=1S/C12H22N2O3/c1-7(2)10(11(15)16)6-14-12(17)13-5-9-4-8(9)3/h7-10H,4-6H2,1-3H3,(H,15,16)(H2,13,14,17). The zero-order valence-corrected chi connectivity index (χ0v) is 10.7. The molecule has 17 heavy (non-hydrogen) atoms. The van der Waals surface area contributed by atoms with Crippen LogP contribution in [-0.4, -0.2) is 30.2 Å². The van der Waals surface area contributed by atoms with E-state index < -0.39 is 11.9 Å². The third-order valence-corrected chi connectivity index (χ3v) is 3.41. The number of nitrogens with one attached hydrogen (secondary N) is 2. The summed E-state index contributed by atoms with van der Waals surface area (Å²) < 4.78 is 0. The Morgan fingerprint density at radius 3 is 2.35 bits per heavy atom. The van der Waals surface area contributed by atoms with Gasteiger partial charge in [-0.2, -0.15) is 0 Å². The highest BCUT2D eigenvalue weighted by Gasteiger charge is 2.32. The Morgan fingerprint density at radius 1 is 1.35 bits per heavy atom. The van der Waals surface area contributed by atoms with Gasteiger partial charge in [-0.25, -0.2) is 4.79 Å². The first kappa shape index (κ1) is 13.8. The van der Waals surface area contributed by atoms with E-state index in [0.29, 0.717) is 18.4 Å². The van der Waals surface area contributed by atoms with Crippen molar-refractivity contribution in [3.8, 4) is 0 Å². The number of carbonyl (C=O) groups is 2. The van der Waals surface area contributed by atoms with Gasteiger partial charge in [0.05, 0.1) is 5.92 Å². The summed E-state index contributed by atoms with van der Waals surface area (Å²) in [6.45, 7) is 6.70. The van der Waals surface area contributed by atoms with Crippen molar-refractivity contribution in [2.75, 3.05) is 13.1 Å². The van der Waals surface area contributed by atoms with E-state index >= 15 is 0 Å². The van der Waals surface area contributed by atoms with Gasteiger partial charge in [-0.1, -0.05) is 20.8 Å². The van der Waals surface area contributed by atoms with E-state index in [1.807, 2.05) is 13.8 Å². The van der Waals surface area contributed by atoms with E-state index in [-0.39, 0.29) is 18.5 Å². The van der Waals surface area contributed by atoms with Gasteiger partial charge in [-0.15, -0.1) is 0 Å². The molecule has 1 aliphatic carbocycles. The van der Waals surface area contributed by atoms with Crippen molar-refractivity contribution in [1.29, 1.82) is 0 Å². The first-order valence-corrected chi connectivity index (χ1v) is 6.16. The van der Waals surface area contributed by atoms with E-state index in [9.17, 15) is 9.59 Å². The number of urea groups is 1. The largest absolute Gasteiger partial charge is 0.481 e. The molecule has 0 spiro atoms. The molecule has 0 heterocycles. The Balaban J connectivity index is 2.19. The number of carboxylic acid groups (broad SMARTS) is 1. The Hall–Kier alpha value is -1.26. The molecule has 0 bridgehead atoms. The van der Waals surface area contributed by atoms with E-state index in [4.69, 9.17) is 5.11 Å². The summed E-state index contributed by atoms with van der Waals surface area (Å²) in [6.07, 6.45) is 1.17. The lowest BCUT2D eigenvalue weighted by Crippen LogP contribution is -2.41. The predicted octanol–water partition coefficient (Wildman–Crippen LogP) is 1.30. The third-order valence-electron chi connectivity index (χ3n) is 3.41. The van der Waals surface area contributed by atoms with Gasteiger partial charge in [-0.05, 0) is 24.2 Å². The lowest BCUT2D eigenvalue weighted by molar-refractivity contribution is -0.142. The van der Waals surface area contributed by atoms with Crippen molar-refractivity contribution < 1.29 is 14.7 Å². The number of aliphatic carboxylic acids is 1. The van der Waals surface area contributed by atoms with Gasteiger partial charge >= 0.3 is 12.0 Å². The summed E-state index contributed by atoms with van der Waals surface area (Å²) in [5, 5.41) is 14.3. The smallest absolute Gasteiger partial charge is 0.314 e. The first-order valence-electron chi connectivity index (χ1n) is 6.16. The summed E-state index contributed by atoms with van der Waals surface area (Å²) in [7, 11) is 0. The number of hydrogen-bond donors (Lipinski definition) is 3. The van der Waals surface area contributed by atoms with Crippen molar-refractivity contribution >= 4 is 12.0 Å². The van der Waals surface area contributed by atoms with Crippen LogP contribution in [0, 0.1) is 23.7 Å². The summed E-state index contributed by atoms with van der Waals surface area (Å²) in [4.78, 5) is 22.3. The number of rotatable bonds is 6. The second-order valence-corrected chi connectivity index (χ2v) is 5.25. The normalized spacial score (nSPS) is 24.2. The molecule has 2 amide bonds. The van der Waals surface area contributed by atoms with Gasteiger partial charge in [0.2, 0.25) is 0 Å². The van der Waals surface area contributed by atoms with Crippen molar-refractivity contribution in [3.63, 3.8) is 0 Å². The molecule has 0 radical (unpaired) electrons. The van der Waals surface area contributed by atoms with Gasteiger partial charge in [-0.3, -0.25) is 4.79 Å². The third kappa shape index (κ3) is 4.63. The number of carboxylic acids is 1. The van der Waals surface area contributed by atoms with Crippen molar-refractivity contribution in [2.24, 2.45) is 23.7 Å². The van der Waals surface area contributed by atoms with Crippen LogP contribution in [0.4, 0.5) is 4.79 Å². The molecule has 3 unspecified atom stereocenters. The monoisotopic (exact) mass is 242 g/mol. The van der Waals surface area contributed by atoms with Crippen molar-refractivity contribution in [3.05, 3.63) is 0 Å². The zero-order valence-electron chi connectivity index (χ0n) is 10.7. The zero-order chi connectivity index (χ0) is 13.0. The first-order chi connectivity index (χ1) is 7.91. The lowest BCUT2D eigenvalue weighted by Gasteiger charge is -2.16. The van der Waals surface area contributed by atoms with Gasteiger partial charge in [0.25, 0.3) is 0 Å². The van der Waals surface area contributed by atoms with Gasteiger partial charge in [0, 0.05) is 13.1 Å². The molecule has 1 aliphatic rings. The van der Waals surface area contributed by atoms with Crippen LogP contribution in [0.2, 0.25) is 0 Å². The Morgan fingerprint density at radius 2 is 1.94 bits per heavy atom. The Kier molecular flexibility index (Phi) is 4.78. The molecule has 1 fully saturated rings. The summed E-state index contributed by atoms with van der Waals surface area (Å²) in [6, 6.07) is -0.268. The number of hydrogen-bond acceptors (Lipinski definition) is 2. The summed E-state index contributed by atoms with van der Waals surface area (Å²) >= 11 is 0. The highest BCUT2D eigenvalue weighted by atomic mass is 16.4. The molecule has 3 N–H and O–H groups in total. The van der Waals surface area contributed by atoms with E-state index in [1.165, 1.54) is 6.42 Å². The molecule has 0 aromatic rings. The van der Waals surface area contributed by atoms with Gasteiger partial charge in [0.15, 0.2) is 0 Å². The Bertz CT molecular complexity index is 291. The maximum atomic E-state index is 11.4. The maximum absolute atomic E-state index is 11.4. The van der Waals surface area contributed by atoms with Crippen LogP contribution in [0.15, 0.2) is 0 Å². The van der Waals surface area contributed by atoms with E-state index in [2.05, 4.69) is 17.6 Å². The molecule has 0 saturated heterocycles. The molecule has 1 rings (SSSR count). The van der Waals surface area contributed by atoms with Crippen LogP contribution in [0.1, 0.15) is 27.2 Å². The quantitative estimate of drug-likeness (QED) is 0.657. The fourth-order valence-electron chi connectivity index (χ4n) is 1.78. The fourth-order valence-corrected chi connectivity index (χ4v) is 1.78. The van der Waals surface area contributed by atoms with Crippen LogP contribution in [0.5, 0.6) is 0 Å². The van der Waals surface area contributed by atoms with E-state index in [0.717, 1.165) is 0 Å². The molecule has 0 aliphatic heterocycles. The minimum atomic E-state index is -0.865. The topological polar surface area (TPSA) is 78.4 Å². The average Bonchev–Trinajstić information content (AvgIpc) is 2.91. The van der Waals surface area contributed by atoms with Crippen LogP contribution in [-0.2, 0) is 4.79 Å². The van der Waals surface area contributed by atoms with Gasteiger partial charge < -0.3 is 15.7 Å². The Labute approximate surface area is 102 Å². The molecule has 98 valence electrons. The molecule has 5 heteroatoms. The second kappa shape index (κ2) is 5.89. The molecular formula is C12H22N2O3. The van der Waals surface area contributed by atoms with Crippen LogP contribution < -0.4 is 10.6 Å². The summed E-state index contributed by atoms with van der Waals surface area (Å²) in [5.41, 5.74) is 0. The number of amides is 2. The molecular weight excluding hydrogens is 220 g/mol. The van der Waals surface area contributed by atoms with Crippen LogP contribution >= 0.6 is 0 Å². The molecule has 5 nitrogen and oxygen atoms in total. The van der Waals surface area contributed by atoms with E-state index in [1.54, 1.807) is 0 Å². The maximum Gasteiger partial charge on any atom is 0.314 e.